The molecule has 0 aliphatic heterocycles. The summed E-state index contributed by atoms with van der Waals surface area (Å²) in [6.45, 7) is 8.45. The molecule has 2 N–H and O–H groups in total. The molecule has 3 aromatic rings. The summed E-state index contributed by atoms with van der Waals surface area (Å²) >= 11 is 0. The van der Waals surface area contributed by atoms with Crippen molar-refractivity contribution in [1.82, 2.24) is 10.3 Å². The van der Waals surface area contributed by atoms with Crippen LogP contribution in [-0.2, 0) is 16.8 Å². The third kappa shape index (κ3) is 6.17. The monoisotopic (exact) mass is 431 g/mol. The third-order valence-corrected chi connectivity index (χ3v) is 5.01. The van der Waals surface area contributed by atoms with Crippen LogP contribution in [0.4, 0.5) is 5.69 Å². The molecule has 32 heavy (non-hydrogen) atoms. The highest BCUT2D eigenvalue weighted by Crippen LogP contribution is 2.25. The lowest BCUT2D eigenvalue weighted by Gasteiger charge is -2.20. The van der Waals surface area contributed by atoms with Gasteiger partial charge in [-0.25, -0.2) is 0 Å². The van der Waals surface area contributed by atoms with Crippen LogP contribution >= 0.6 is 0 Å². The minimum Gasteiger partial charge on any atom is -0.481 e. The molecule has 0 aliphatic carbocycles. The Hall–Kier alpha value is -3.67. The van der Waals surface area contributed by atoms with Crippen molar-refractivity contribution in [1.29, 1.82) is 0 Å². The average Bonchev–Trinajstić information content (AvgIpc) is 2.78. The standard InChI is InChI=1S/C26H29N3O3/c1-18(32-21-13-11-20(12-14-21)26(2,3)4)24(30)29-23-10-6-5-9-22(23)25(31)28-17-19-8-7-15-27-16-19/h5-16,18H,17H2,1-4H3,(H,28,31)(H,29,30)/t18-/m0/s1. The van der Waals surface area contributed by atoms with Gasteiger partial charge in [-0.1, -0.05) is 51.1 Å². The number of nitrogens with zero attached hydrogens (tertiary/aromatic N) is 1. The van der Waals surface area contributed by atoms with Gasteiger partial charge in [0.1, 0.15) is 5.75 Å². The molecule has 1 aromatic heterocycles. The van der Waals surface area contributed by atoms with Gasteiger partial charge in [0, 0.05) is 18.9 Å². The smallest absolute Gasteiger partial charge is 0.265 e. The molecule has 0 aliphatic rings. The van der Waals surface area contributed by atoms with E-state index in [-0.39, 0.29) is 17.2 Å². The van der Waals surface area contributed by atoms with Gasteiger partial charge in [-0.2, -0.15) is 0 Å². The second kappa shape index (κ2) is 10.1. The van der Waals surface area contributed by atoms with Gasteiger partial charge in [-0.3, -0.25) is 14.6 Å². The van der Waals surface area contributed by atoms with Crippen LogP contribution in [0.5, 0.6) is 5.75 Å². The van der Waals surface area contributed by atoms with Crippen LogP contribution in [0.25, 0.3) is 0 Å². The summed E-state index contributed by atoms with van der Waals surface area (Å²) in [5.41, 5.74) is 2.93. The van der Waals surface area contributed by atoms with E-state index in [1.54, 1.807) is 43.6 Å². The van der Waals surface area contributed by atoms with Crippen molar-refractivity contribution in [3.8, 4) is 5.75 Å². The topological polar surface area (TPSA) is 80.3 Å². The second-order valence-corrected chi connectivity index (χ2v) is 8.61. The Morgan fingerprint density at radius 1 is 1.00 bits per heavy atom. The Kier molecular flexibility index (Phi) is 7.25. The number of hydrogen-bond donors (Lipinski definition) is 2. The van der Waals surface area contributed by atoms with E-state index in [1.807, 2.05) is 36.4 Å². The summed E-state index contributed by atoms with van der Waals surface area (Å²) < 4.78 is 5.80. The SMILES string of the molecule is C[C@H](Oc1ccc(C(C)(C)C)cc1)C(=O)Nc1ccccc1C(=O)NCc1cccnc1. The lowest BCUT2D eigenvalue weighted by atomic mass is 9.87. The molecule has 0 fully saturated rings. The summed E-state index contributed by atoms with van der Waals surface area (Å²) in [7, 11) is 0. The number of benzene rings is 2. The summed E-state index contributed by atoms with van der Waals surface area (Å²) in [5, 5.41) is 5.66. The molecule has 0 saturated heterocycles. The zero-order chi connectivity index (χ0) is 23.1. The van der Waals surface area contributed by atoms with Crippen molar-refractivity contribution in [2.24, 2.45) is 0 Å². The molecule has 6 nitrogen and oxygen atoms in total. The minimum atomic E-state index is -0.734. The van der Waals surface area contributed by atoms with Crippen LogP contribution in [0.1, 0.15) is 49.2 Å². The Labute approximate surface area is 189 Å². The van der Waals surface area contributed by atoms with Crippen molar-refractivity contribution < 1.29 is 14.3 Å². The molecule has 0 saturated carbocycles. The fraction of sp³-hybridized carbons (Fsp3) is 0.269. The van der Waals surface area contributed by atoms with Crippen molar-refractivity contribution in [3.05, 3.63) is 89.7 Å². The average molecular weight is 432 g/mol. The number of para-hydroxylation sites is 1. The molecule has 0 unspecified atom stereocenters. The molecule has 2 aromatic carbocycles. The van der Waals surface area contributed by atoms with Crippen LogP contribution in [0, 0.1) is 0 Å². The van der Waals surface area contributed by atoms with Crippen LogP contribution in [0.2, 0.25) is 0 Å². The number of ether oxygens (including phenoxy) is 1. The molecule has 3 rings (SSSR count). The predicted molar refractivity (Wildman–Crippen MR) is 126 cm³/mol. The number of pyridine rings is 1. The van der Waals surface area contributed by atoms with Crippen molar-refractivity contribution in [2.45, 2.75) is 45.8 Å². The quantitative estimate of drug-likeness (QED) is 0.567. The first-order valence-corrected chi connectivity index (χ1v) is 10.6. The van der Waals surface area contributed by atoms with Gasteiger partial charge >= 0.3 is 0 Å². The maximum atomic E-state index is 12.7. The zero-order valence-electron chi connectivity index (χ0n) is 18.9. The fourth-order valence-corrected chi connectivity index (χ4v) is 3.10. The van der Waals surface area contributed by atoms with E-state index in [0.717, 1.165) is 5.56 Å². The molecule has 0 spiro atoms. The normalized spacial score (nSPS) is 12.0. The minimum absolute atomic E-state index is 0.0445. The molecule has 1 heterocycles. The van der Waals surface area contributed by atoms with E-state index in [1.165, 1.54) is 5.56 Å². The number of hydrogen-bond acceptors (Lipinski definition) is 4. The second-order valence-electron chi connectivity index (χ2n) is 8.61. The maximum absolute atomic E-state index is 12.7. The highest BCUT2D eigenvalue weighted by atomic mass is 16.5. The van der Waals surface area contributed by atoms with Crippen LogP contribution < -0.4 is 15.4 Å². The number of aromatic nitrogens is 1. The molecular weight excluding hydrogens is 402 g/mol. The summed E-state index contributed by atoms with van der Waals surface area (Å²) in [6.07, 6.45) is 2.64. The molecular formula is C26H29N3O3. The van der Waals surface area contributed by atoms with Gasteiger partial charge in [0.15, 0.2) is 6.10 Å². The Morgan fingerprint density at radius 2 is 1.72 bits per heavy atom. The van der Waals surface area contributed by atoms with E-state index in [0.29, 0.717) is 23.5 Å². The van der Waals surface area contributed by atoms with Crippen LogP contribution in [0.3, 0.4) is 0 Å². The Balaban J connectivity index is 1.62. The molecule has 0 radical (unpaired) electrons. The van der Waals surface area contributed by atoms with E-state index >= 15 is 0 Å². The van der Waals surface area contributed by atoms with Gasteiger partial charge in [0.2, 0.25) is 0 Å². The first-order valence-electron chi connectivity index (χ1n) is 10.6. The van der Waals surface area contributed by atoms with Crippen LogP contribution in [-0.4, -0.2) is 22.9 Å². The number of carbonyl (C=O) groups is 2. The number of rotatable bonds is 7. The van der Waals surface area contributed by atoms with E-state index < -0.39 is 6.10 Å². The number of anilines is 1. The third-order valence-electron chi connectivity index (χ3n) is 5.01. The first-order chi connectivity index (χ1) is 15.2. The maximum Gasteiger partial charge on any atom is 0.265 e. The number of amides is 2. The van der Waals surface area contributed by atoms with Crippen molar-refractivity contribution in [2.75, 3.05) is 5.32 Å². The molecule has 0 bridgehead atoms. The summed E-state index contributed by atoms with van der Waals surface area (Å²) in [4.78, 5) is 29.4. The molecule has 1 atom stereocenters. The zero-order valence-corrected chi connectivity index (χ0v) is 18.9. The van der Waals surface area contributed by atoms with Gasteiger partial charge in [-0.05, 0) is 53.8 Å². The first kappa shape index (κ1) is 23.0. The molecule has 166 valence electrons. The fourth-order valence-electron chi connectivity index (χ4n) is 3.10. The predicted octanol–water partition coefficient (Wildman–Crippen LogP) is 4.72. The Morgan fingerprint density at radius 3 is 2.38 bits per heavy atom. The number of nitrogens with one attached hydrogen (secondary N) is 2. The summed E-state index contributed by atoms with van der Waals surface area (Å²) in [6, 6.07) is 18.3. The lowest BCUT2D eigenvalue weighted by molar-refractivity contribution is -0.122. The van der Waals surface area contributed by atoms with Crippen LogP contribution in [0.15, 0.2) is 73.1 Å². The van der Waals surface area contributed by atoms with Gasteiger partial charge in [0.05, 0.1) is 11.3 Å². The van der Waals surface area contributed by atoms with Crippen molar-refractivity contribution in [3.63, 3.8) is 0 Å². The molecule has 2 amide bonds. The largest absolute Gasteiger partial charge is 0.481 e. The Bertz CT molecular complexity index is 1060. The molecule has 6 heteroatoms. The summed E-state index contributed by atoms with van der Waals surface area (Å²) in [5.74, 6) is -0.00310. The number of carbonyl (C=O) groups excluding carboxylic acids is 2. The van der Waals surface area contributed by atoms with Gasteiger partial charge in [-0.15, -0.1) is 0 Å². The van der Waals surface area contributed by atoms with Gasteiger partial charge < -0.3 is 15.4 Å². The van der Waals surface area contributed by atoms with E-state index in [9.17, 15) is 9.59 Å². The highest BCUT2D eigenvalue weighted by Gasteiger charge is 2.19. The van der Waals surface area contributed by atoms with E-state index in [2.05, 4.69) is 36.4 Å². The van der Waals surface area contributed by atoms with Crippen molar-refractivity contribution >= 4 is 17.5 Å². The highest BCUT2D eigenvalue weighted by molar-refractivity contribution is 6.04. The van der Waals surface area contributed by atoms with E-state index in [4.69, 9.17) is 4.74 Å². The lowest BCUT2D eigenvalue weighted by Crippen LogP contribution is -2.31. The van der Waals surface area contributed by atoms with Gasteiger partial charge in [0.25, 0.3) is 11.8 Å².